The van der Waals surface area contributed by atoms with Crippen molar-refractivity contribution < 1.29 is 4.74 Å². The van der Waals surface area contributed by atoms with E-state index in [1.807, 2.05) is 6.92 Å². The van der Waals surface area contributed by atoms with E-state index in [-0.39, 0.29) is 5.28 Å². The van der Waals surface area contributed by atoms with Crippen molar-refractivity contribution in [2.45, 2.75) is 38.6 Å². The average Bonchev–Trinajstić information content (AvgIpc) is 2.81. The molecule has 0 N–H and O–H groups in total. The maximum Gasteiger partial charge on any atom is 0.322 e. The Labute approximate surface area is 130 Å². The van der Waals surface area contributed by atoms with E-state index in [2.05, 4.69) is 24.8 Å². The second-order valence-electron chi connectivity index (χ2n) is 5.67. The van der Waals surface area contributed by atoms with Gasteiger partial charge in [0.05, 0.1) is 6.61 Å². The zero-order chi connectivity index (χ0) is 14.7. The monoisotopic (exact) mass is 311 g/mol. The molecular weight excluding hydrogens is 290 g/mol. The summed E-state index contributed by atoms with van der Waals surface area (Å²) >= 11 is 6.02. The lowest BCUT2D eigenvalue weighted by atomic mass is 10.2. The number of rotatable bonds is 4. The molecular formula is C14H22ClN5O. The number of anilines is 1. The number of fused-ring (bicyclic) bond motifs is 1. The Morgan fingerprint density at radius 1 is 1.19 bits per heavy atom. The normalized spacial score (nSPS) is 23.0. The molecule has 2 aliphatic heterocycles. The van der Waals surface area contributed by atoms with Gasteiger partial charge in [-0.1, -0.05) is 6.92 Å². The molecule has 1 unspecified atom stereocenters. The highest BCUT2D eigenvalue weighted by Gasteiger charge is 2.30. The van der Waals surface area contributed by atoms with Crippen LogP contribution in [-0.4, -0.2) is 58.7 Å². The third-order valence-electron chi connectivity index (χ3n) is 4.10. The second-order valence-corrected chi connectivity index (χ2v) is 6.01. The number of halogens is 1. The van der Waals surface area contributed by atoms with Gasteiger partial charge >= 0.3 is 6.01 Å². The van der Waals surface area contributed by atoms with Gasteiger partial charge in [-0.05, 0) is 43.8 Å². The Bertz CT molecular complexity index is 486. The molecule has 6 nitrogen and oxygen atoms in total. The maximum absolute atomic E-state index is 6.02. The summed E-state index contributed by atoms with van der Waals surface area (Å²) in [6.45, 7) is 6.96. The molecule has 2 saturated heterocycles. The van der Waals surface area contributed by atoms with Crippen LogP contribution in [0.1, 0.15) is 32.6 Å². The lowest BCUT2D eigenvalue weighted by molar-refractivity contribution is 0.272. The van der Waals surface area contributed by atoms with Crippen LogP contribution in [-0.2, 0) is 0 Å². The summed E-state index contributed by atoms with van der Waals surface area (Å²) in [5.74, 6) is 0.648. The van der Waals surface area contributed by atoms with Gasteiger partial charge in [0.1, 0.15) is 0 Å². The predicted molar refractivity (Wildman–Crippen MR) is 82.0 cm³/mol. The first-order chi connectivity index (χ1) is 10.3. The van der Waals surface area contributed by atoms with Crippen molar-refractivity contribution in [3.8, 4) is 6.01 Å². The highest BCUT2D eigenvalue weighted by molar-refractivity contribution is 6.28. The molecule has 2 fully saturated rings. The van der Waals surface area contributed by atoms with Gasteiger partial charge in [-0.15, -0.1) is 0 Å². The lowest BCUT2D eigenvalue weighted by Crippen LogP contribution is -2.37. The molecule has 0 aromatic carbocycles. The SMILES string of the molecule is CCCOc1nc(Cl)nc(N2CCCN3CCCC3C2)n1. The molecule has 0 spiro atoms. The quantitative estimate of drug-likeness (QED) is 0.847. The standard InChI is InChI=1S/C14H22ClN5O/c1-2-9-21-14-17-12(15)16-13(18-14)20-8-4-7-19-6-3-5-11(19)10-20/h11H,2-10H2,1H3. The Morgan fingerprint density at radius 2 is 2.05 bits per heavy atom. The first-order valence-electron chi connectivity index (χ1n) is 7.79. The van der Waals surface area contributed by atoms with Crippen LogP contribution in [0.2, 0.25) is 5.28 Å². The maximum atomic E-state index is 6.02. The fourth-order valence-corrected chi connectivity index (χ4v) is 3.26. The Hall–Kier alpha value is -1.14. The summed E-state index contributed by atoms with van der Waals surface area (Å²) in [5.41, 5.74) is 0. The van der Waals surface area contributed by atoms with E-state index in [9.17, 15) is 0 Å². The highest BCUT2D eigenvalue weighted by Crippen LogP contribution is 2.24. The van der Waals surface area contributed by atoms with Gasteiger partial charge in [0, 0.05) is 25.7 Å². The molecule has 2 aliphatic rings. The molecule has 0 radical (unpaired) electrons. The molecule has 3 rings (SSSR count). The van der Waals surface area contributed by atoms with E-state index in [0.29, 0.717) is 24.6 Å². The molecule has 7 heteroatoms. The van der Waals surface area contributed by atoms with Crippen molar-refractivity contribution in [2.75, 3.05) is 37.7 Å². The minimum atomic E-state index is 0.207. The van der Waals surface area contributed by atoms with E-state index in [1.54, 1.807) is 0 Å². The molecule has 3 heterocycles. The van der Waals surface area contributed by atoms with Crippen molar-refractivity contribution in [2.24, 2.45) is 0 Å². The predicted octanol–water partition coefficient (Wildman–Crippen LogP) is 1.99. The molecule has 21 heavy (non-hydrogen) atoms. The van der Waals surface area contributed by atoms with Crippen molar-refractivity contribution >= 4 is 17.5 Å². The van der Waals surface area contributed by atoms with Crippen LogP contribution in [0.15, 0.2) is 0 Å². The second kappa shape index (κ2) is 6.75. The van der Waals surface area contributed by atoms with E-state index in [4.69, 9.17) is 16.3 Å². The van der Waals surface area contributed by atoms with Crippen LogP contribution in [0.4, 0.5) is 5.95 Å². The summed E-state index contributed by atoms with van der Waals surface area (Å²) in [4.78, 5) is 17.6. The van der Waals surface area contributed by atoms with E-state index < -0.39 is 0 Å². The minimum Gasteiger partial charge on any atom is -0.463 e. The van der Waals surface area contributed by atoms with Gasteiger partial charge in [0.15, 0.2) is 0 Å². The summed E-state index contributed by atoms with van der Waals surface area (Å²) in [6.07, 6.45) is 4.60. The summed E-state index contributed by atoms with van der Waals surface area (Å²) in [5, 5.41) is 0.207. The lowest BCUT2D eigenvalue weighted by Gasteiger charge is -2.25. The molecule has 0 amide bonds. The molecule has 1 aromatic rings. The van der Waals surface area contributed by atoms with Crippen molar-refractivity contribution in [3.05, 3.63) is 5.28 Å². The fraction of sp³-hybridized carbons (Fsp3) is 0.786. The van der Waals surface area contributed by atoms with Crippen LogP contribution in [0.5, 0.6) is 6.01 Å². The average molecular weight is 312 g/mol. The summed E-state index contributed by atoms with van der Waals surface area (Å²) in [6, 6.07) is 0.947. The number of aromatic nitrogens is 3. The van der Waals surface area contributed by atoms with Crippen LogP contribution < -0.4 is 9.64 Å². The van der Waals surface area contributed by atoms with Crippen LogP contribution in [0.25, 0.3) is 0 Å². The Kier molecular flexibility index (Phi) is 4.75. The fourth-order valence-electron chi connectivity index (χ4n) is 3.11. The number of nitrogens with zero attached hydrogens (tertiary/aromatic N) is 5. The first kappa shape index (κ1) is 14.8. The van der Waals surface area contributed by atoms with Gasteiger partial charge in [-0.2, -0.15) is 15.0 Å². The van der Waals surface area contributed by atoms with E-state index in [0.717, 1.165) is 25.9 Å². The van der Waals surface area contributed by atoms with Gasteiger partial charge in [-0.3, -0.25) is 4.90 Å². The Morgan fingerprint density at radius 3 is 2.90 bits per heavy atom. The van der Waals surface area contributed by atoms with Crippen LogP contribution in [0.3, 0.4) is 0 Å². The third kappa shape index (κ3) is 3.55. The zero-order valence-corrected chi connectivity index (χ0v) is 13.2. The van der Waals surface area contributed by atoms with Gasteiger partial charge in [0.2, 0.25) is 11.2 Å². The smallest absolute Gasteiger partial charge is 0.322 e. The topological polar surface area (TPSA) is 54.4 Å². The van der Waals surface area contributed by atoms with Gasteiger partial charge < -0.3 is 9.64 Å². The molecule has 116 valence electrons. The zero-order valence-electron chi connectivity index (χ0n) is 12.5. The molecule has 1 aromatic heterocycles. The Balaban J connectivity index is 1.76. The molecule has 1 atom stereocenters. The van der Waals surface area contributed by atoms with E-state index >= 15 is 0 Å². The van der Waals surface area contributed by atoms with E-state index in [1.165, 1.54) is 25.9 Å². The van der Waals surface area contributed by atoms with Gasteiger partial charge in [0.25, 0.3) is 0 Å². The number of hydrogen-bond donors (Lipinski definition) is 0. The summed E-state index contributed by atoms with van der Waals surface area (Å²) < 4.78 is 5.50. The largest absolute Gasteiger partial charge is 0.463 e. The van der Waals surface area contributed by atoms with Crippen LogP contribution in [0, 0.1) is 0 Å². The first-order valence-corrected chi connectivity index (χ1v) is 8.17. The number of ether oxygens (including phenoxy) is 1. The number of hydrogen-bond acceptors (Lipinski definition) is 6. The third-order valence-corrected chi connectivity index (χ3v) is 4.27. The molecule has 0 saturated carbocycles. The highest BCUT2D eigenvalue weighted by atomic mass is 35.5. The molecule has 0 bridgehead atoms. The van der Waals surface area contributed by atoms with Crippen molar-refractivity contribution in [3.63, 3.8) is 0 Å². The van der Waals surface area contributed by atoms with Gasteiger partial charge in [-0.25, -0.2) is 0 Å². The van der Waals surface area contributed by atoms with Crippen molar-refractivity contribution in [1.82, 2.24) is 19.9 Å². The summed E-state index contributed by atoms with van der Waals surface area (Å²) in [7, 11) is 0. The van der Waals surface area contributed by atoms with Crippen molar-refractivity contribution in [1.29, 1.82) is 0 Å². The van der Waals surface area contributed by atoms with Crippen LogP contribution >= 0.6 is 11.6 Å². The molecule has 0 aliphatic carbocycles. The minimum absolute atomic E-state index is 0.207.